The average molecular weight is 269 g/mol. The topological polar surface area (TPSA) is 45.2 Å². The van der Waals surface area contributed by atoms with Crippen LogP contribution >= 0.6 is 0 Å². The minimum atomic E-state index is -0.119. The van der Waals surface area contributed by atoms with E-state index in [2.05, 4.69) is 10.3 Å². The van der Waals surface area contributed by atoms with E-state index in [0.717, 1.165) is 11.4 Å². The Morgan fingerprint density at radius 1 is 1.20 bits per heavy atom. The zero-order chi connectivity index (χ0) is 14.5. The Morgan fingerprint density at radius 2 is 2.00 bits per heavy atom. The number of nitrogens with one attached hydrogen (secondary N) is 1. The van der Waals surface area contributed by atoms with Crippen LogP contribution < -0.4 is 10.2 Å². The van der Waals surface area contributed by atoms with Gasteiger partial charge in [-0.2, -0.15) is 0 Å². The molecule has 1 heterocycles. The molecule has 1 amide bonds. The average Bonchev–Trinajstić information content (AvgIpc) is 2.48. The van der Waals surface area contributed by atoms with Gasteiger partial charge in [0.05, 0.1) is 11.7 Å². The predicted molar refractivity (Wildman–Crippen MR) is 80.9 cm³/mol. The fraction of sp³-hybridized carbons (Fsp3) is 0.250. The highest BCUT2D eigenvalue weighted by Crippen LogP contribution is 2.15. The number of pyridine rings is 1. The molecular formula is C16H19N3O. The molecule has 0 aliphatic carbocycles. The summed E-state index contributed by atoms with van der Waals surface area (Å²) in [5.41, 5.74) is 2.51. The van der Waals surface area contributed by atoms with Gasteiger partial charge in [0.2, 0.25) is 0 Å². The molecule has 1 aromatic carbocycles. The minimum Gasteiger partial charge on any atom is -0.378 e. The van der Waals surface area contributed by atoms with Crippen LogP contribution in [-0.2, 0) is 0 Å². The van der Waals surface area contributed by atoms with Gasteiger partial charge in [0.15, 0.2) is 0 Å². The molecule has 2 rings (SSSR count). The fourth-order valence-corrected chi connectivity index (χ4v) is 1.91. The van der Waals surface area contributed by atoms with Gasteiger partial charge in [0.25, 0.3) is 5.91 Å². The number of amides is 1. The molecule has 0 bridgehead atoms. The maximum Gasteiger partial charge on any atom is 0.251 e. The van der Waals surface area contributed by atoms with Gasteiger partial charge in [-0.3, -0.25) is 9.78 Å². The van der Waals surface area contributed by atoms with Crippen molar-refractivity contribution in [2.45, 2.75) is 13.0 Å². The van der Waals surface area contributed by atoms with E-state index < -0.39 is 0 Å². The quantitative estimate of drug-likeness (QED) is 0.928. The molecule has 0 spiro atoms. The first-order valence-corrected chi connectivity index (χ1v) is 6.57. The number of carbonyl (C=O) groups is 1. The van der Waals surface area contributed by atoms with Crippen molar-refractivity contribution in [3.05, 3.63) is 59.9 Å². The molecule has 1 aromatic heterocycles. The van der Waals surface area contributed by atoms with Crippen LogP contribution in [0.4, 0.5) is 5.69 Å². The lowest BCUT2D eigenvalue weighted by molar-refractivity contribution is 0.0939. The summed E-state index contributed by atoms with van der Waals surface area (Å²) < 4.78 is 0. The Labute approximate surface area is 119 Å². The van der Waals surface area contributed by atoms with E-state index in [-0.39, 0.29) is 11.9 Å². The van der Waals surface area contributed by atoms with Gasteiger partial charge in [0.1, 0.15) is 0 Å². The number of anilines is 1. The molecule has 4 heteroatoms. The first-order chi connectivity index (χ1) is 9.58. The normalized spacial score (nSPS) is 11.8. The van der Waals surface area contributed by atoms with E-state index in [9.17, 15) is 4.79 Å². The highest BCUT2D eigenvalue weighted by atomic mass is 16.1. The van der Waals surface area contributed by atoms with Crippen LogP contribution in [0.2, 0.25) is 0 Å². The number of rotatable bonds is 4. The van der Waals surface area contributed by atoms with Gasteiger partial charge in [-0.1, -0.05) is 12.1 Å². The van der Waals surface area contributed by atoms with Gasteiger partial charge in [-0.05, 0) is 37.3 Å². The molecular weight excluding hydrogens is 250 g/mol. The van der Waals surface area contributed by atoms with E-state index in [1.165, 1.54) is 0 Å². The highest BCUT2D eigenvalue weighted by molar-refractivity contribution is 5.95. The van der Waals surface area contributed by atoms with Gasteiger partial charge in [0, 0.05) is 31.5 Å². The molecule has 0 fully saturated rings. The van der Waals surface area contributed by atoms with Crippen LogP contribution in [0.3, 0.4) is 0 Å². The largest absolute Gasteiger partial charge is 0.378 e. The third kappa shape index (κ3) is 3.35. The SMILES string of the molecule is C[C@@H](NC(=O)c1cccc(N(C)C)c1)c1ccccn1. The van der Waals surface area contributed by atoms with E-state index in [4.69, 9.17) is 0 Å². The van der Waals surface area contributed by atoms with Crippen LogP contribution in [0.1, 0.15) is 29.0 Å². The van der Waals surface area contributed by atoms with Crippen LogP contribution in [0.5, 0.6) is 0 Å². The summed E-state index contributed by atoms with van der Waals surface area (Å²) in [4.78, 5) is 18.5. The smallest absolute Gasteiger partial charge is 0.251 e. The second kappa shape index (κ2) is 6.19. The molecule has 0 aliphatic rings. The van der Waals surface area contributed by atoms with E-state index in [0.29, 0.717) is 5.56 Å². The summed E-state index contributed by atoms with van der Waals surface area (Å²) in [5, 5.41) is 2.96. The summed E-state index contributed by atoms with van der Waals surface area (Å²) >= 11 is 0. The lowest BCUT2D eigenvalue weighted by Gasteiger charge is -2.16. The summed E-state index contributed by atoms with van der Waals surface area (Å²) in [7, 11) is 3.90. The van der Waals surface area contributed by atoms with E-state index >= 15 is 0 Å². The number of carbonyl (C=O) groups excluding carboxylic acids is 1. The monoisotopic (exact) mass is 269 g/mol. The molecule has 0 unspecified atom stereocenters. The zero-order valence-corrected chi connectivity index (χ0v) is 12.0. The maximum atomic E-state index is 12.2. The summed E-state index contributed by atoms with van der Waals surface area (Å²) in [6.07, 6.45) is 1.73. The molecule has 1 N–H and O–H groups in total. The molecule has 20 heavy (non-hydrogen) atoms. The predicted octanol–water partition coefficient (Wildman–Crippen LogP) is 2.64. The molecule has 2 aromatic rings. The number of hydrogen-bond donors (Lipinski definition) is 1. The lowest BCUT2D eigenvalue weighted by atomic mass is 10.1. The third-order valence-corrected chi connectivity index (χ3v) is 3.10. The maximum absolute atomic E-state index is 12.2. The van der Waals surface area contributed by atoms with Gasteiger partial charge in [-0.25, -0.2) is 0 Å². The summed E-state index contributed by atoms with van der Waals surface area (Å²) in [6, 6.07) is 13.1. The van der Waals surface area contributed by atoms with Crippen LogP contribution in [0, 0.1) is 0 Å². The van der Waals surface area contributed by atoms with Crippen LogP contribution in [-0.4, -0.2) is 25.0 Å². The van der Waals surface area contributed by atoms with Crippen molar-refractivity contribution >= 4 is 11.6 Å². The molecule has 0 saturated carbocycles. The Kier molecular flexibility index (Phi) is 4.35. The second-order valence-electron chi connectivity index (χ2n) is 4.89. The van der Waals surface area contributed by atoms with Crippen LogP contribution in [0.25, 0.3) is 0 Å². The van der Waals surface area contributed by atoms with Crippen molar-refractivity contribution in [3.63, 3.8) is 0 Å². The molecule has 0 aliphatic heterocycles. The summed E-state index contributed by atoms with van der Waals surface area (Å²) in [5.74, 6) is -0.0909. The van der Waals surface area contributed by atoms with Crippen molar-refractivity contribution in [3.8, 4) is 0 Å². The van der Waals surface area contributed by atoms with Gasteiger partial charge >= 0.3 is 0 Å². The van der Waals surface area contributed by atoms with Crippen molar-refractivity contribution in [2.24, 2.45) is 0 Å². The lowest BCUT2D eigenvalue weighted by Crippen LogP contribution is -2.27. The highest BCUT2D eigenvalue weighted by Gasteiger charge is 2.12. The fourth-order valence-electron chi connectivity index (χ4n) is 1.91. The Bertz CT molecular complexity index is 581. The molecule has 1 atom stereocenters. The summed E-state index contributed by atoms with van der Waals surface area (Å²) in [6.45, 7) is 1.93. The third-order valence-electron chi connectivity index (χ3n) is 3.10. The minimum absolute atomic E-state index is 0.0909. The molecule has 0 saturated heterocycles. The Morgan fingerprint density at radius 3 is 2.65 bits per heavy atom. The van der Waals surface area contributed by atoms with Crippen molar-refractivity contribution in [2.75, 3.05) is 19.0 Å². The van der Waals surface area contributed by atoms with Crippen molar-refractivity contribution in [1.82, 2.24) is 10.3 Å². The first kappa shape index (κ1) is 14.1. The number of aromatic nitrogens is 1. The van der Waals surface area contributed by atoms with E-state index in [1.54, 1.807) is 6.20 Å². The van der Waals surface area contributed by atoms with Crippen LogP contribution in [0.15, 0.2) is 48.7 Å². The van der Waals surface area contributed by atoms with Gasteiger partial charge in [-0.15, -0.1) is 0 Å². The molecule has 0 radical (unpaired) electrons. The first-order valence-electron chi connectivity index (χ1n) is 6.57. The van der Waals surface area contributed by atoms with Gasteiger partial charge < -0.3 is 10.2 Å². The number of hydrogen-bond acceptors (Lipinski definition) is 3. The van der Waals surface area contributed by atoms with E-state index in [1.807, 2.05) is 68.4 Å². The Balaban J connectivity index is 2.10. The number of nitrogens with zero attached hydrogens (tertiary/aromatic N) is 2. The Hall–Kier alpha value is -2.36. The standard InChI is InChI=1S/C16H19N3O/c1-12(15-9-4-5-10-17-15)18-16(20)13-7-6-8-14(11-13)19(2)3/h4-12H,1-3H3,(H,18,20)/t12-/m1/s1. The van der Waals surface area contributed by atoms with Crippen molar-refractivity contribution < 1.29 is 4.79 Å². The molecule has 4 nitrogen and oxygen atoms in total. The second-order valence-corrected chi connectivity index (χ2v) is 4.89. The zero-order valence-electron chi connectivity index (χ0n) is 12.0. The molecule has 104 valence electrons. The number of benzene rings is 1. The van der Waals surface area contributed by atoms with Crippen molar-refractivity contribution in [1.29, 1.82) is 0 Å².